The highest BCUT2D eigenvalue weighted by Crippen LogP contribution is 2.48. The molecule has 0 radical (unpaired) electrons. The van der Waals surface area contributed by atoms with Crippen molar-refractivity contribution < 1.29 is 37.9 Å². The van der Waals surface area contributed by atoms with E-state index in [0.717, 1.165) is 19.3 Å². The van der Waals surface area contributed by atoms with E-state index in [1.54, 1.807) is 0 Å². The lowest BCUT2D eigenvalue weighted by Gasteiger charge is -2.23. The summed E-state index contributed by atoms with van der Waals surface area (Å²) in [5.74, 6) is 0. The highest BCUT2D eigenvalue weighted by Gasteiger charge is 2.34. The molecule has 33 heavy (non-hydrogen) atoms. The summed E-state index contributed by atoms with van der Waals surface area (Å²) in [5, 5.41) is 18.0. The van der Waals surface area contributed by atoms with E-state index < -0.39 is 24.8 Å². The molecule has 3 N–H and O–H groups in total. The van der Waals surface area contributed by atoms with Gasteiger partial charge in [0, 0.05) is 25.8 Å². The zero-order valence-corrected chi connectivity index (χ0v) is 22.3. The number of hydrogen-bond donors (Lipinski definition) is 3. The van der Waals surface area contributed by atoms with Crippen LogP contribution in [0.3, 0.4) is 0 Å². The van der Waals surface area contributed by atoms with E-state index in [-0.39, 0.29) is 6.61 Å². The maximum Gasteiger partial charge on any atom is 0.446 e. The zero-order valence-electron chi connectivity index (χ0n) is 20.6. The number of hydrogen-bond acceptors (Lipinski definition) is 7. The van der Waals surface area contributed by atoms with Crippen molar-refractivity contribution in [1.29, 1.82) is 0 Å². The van der Waals surface area contributed by atoms with Crippen molar-refractivity contribution >= 4 is 25.3 Å². The molecule has 0 aromatic rings. The number of unbranched alkanes of at least 4 members (excludes halogenated alkanes) is 15. The summed E-state index contributed by atoms with van der Waals surface area (Å²) in [4.78, 5) is 19.9. The van der Waals surface area contributed by atoms with Crippen molar-refractivity contribution in [1.82, 2.24) is 0 Å². The standard InChI is InChI=1S/C23H47O8PS/c1-3-4-5-6-7-8-9-10-11-12-13-14-15-16-17-18-19-30-22(21(20-24)29-2)33-31-32(27,28)23(25)26/h21-22,24H,3-20H2,1-2H3,(H,25,26)(H,27,28)/t21-,22?/m0/s1. The fourth-order valence-corrected chi connectivity index (χ4v) is 4.98. The predicted octanol–water partition coefficient (Wildman–Crippen LogP) is 7.13. The molecule has 0 aromatic heterocycles. The number of aliphatic hydroxyl groups is 1. The van der Waals surface area contributed by atoms with E-state index in [1.165, 1.54) is 90.6 Å². The van der Waals surface area contributed by atoms with Gasteiger partial charge < -0.3 is 24.6 Å². The van der Waals surface area contributed by atoms with Crippen molar-refractivity contribution in [3.05, 3.63) is 0 Å². The van der Waals surface area contributed by atoms with Crippen molar-refractivity contribution in [3.63, 3.8) is 0 Å². The molecule has 0 heterocycles. The Hall–Kier alpha value is -0.150. The largest absolute Gasteiger partial charge is 0.472 e. The third-order valence-electron chi connectivity index (χ3n) is 5.55. The summed E-state index contributed by atoms with van der Waals surface area (Å²) in [6.45, 7) is 2.23. The molecule has 0 aliphatic heterocycles. The molecule has 0 saturated carbocycles. The van der Waals surface area contributed by atoms with Crippen LogP contribution in [0, 0.1) is 0 Å². The molecule has 0 spiro atoms. The maximum atomic E-state index is 11.4. The molecule has 2 unspecified atom stereocenters. The Morgan fingerprint density at radius 1 is 0.848 bits per heavy atom. The first-order chi connectivity index (χ1) is 15.9. The van der Waals surface area contributed by atoms with Crippen LogP contribution in [0.1, 0.15) is 110 Å². The Kier molecular flexibility index (Phi) is 22.2. The number of carboxylic acid groups (broad SMARTS) is 1. The second-order valence-corrected chi connectivity index (χ2v) is 11.1. The van der Waals surface area contributed by atoms with Crippen LogP contribution in [0.15, 0.2) is 0 Å². The second-order valence-electron chi connectivity index (χ2n) is 8.47. The number of rotatable bonds is 25. The van der Waals surface area contributed by atoms with Crippen LogP contribution in [0.2, 0.25) is 0 Å². The van der Waals surface area contributed by atoms with Crippen LogP contribution in [-0.2, 0) is 18.0 Å². The molecule has 0 amide bonds. The summed E-state index contributed by atoms with van der Waals surface area (Å²) >= 11 is 0.401. The van der Waals surface area contributed by atoms with Crippen molar-refractivity contribution in [3.8, 4) is 0 Å². The highest BCUT2D eigenvalue weighted by molar-refractivity contribution is 8.00. The van der Waals surface area contributed by atoms with E-state index in [1.807, 2.05) is 0 Å². The number of aliphatic hydroxyl groups excluding tert-OH is 1. The van der Waals surface area contributed by atoms with Gasteiger partial charge in [-0.15, -0.1) is 0 Å². The topological polar surface area (TPSA) is 123 Å². The average molecular weight is 515 g/mol. The minimum atomic E-state index is -4.79. The SMILES string of the molecule is CCCCCCCCCCCCCCCCCCOC(SOP(=O)(O)C(=O)O)[C@H](CO)OC. The van der Waals surface area contributed by atoms with Gasteiger partial charge >= 0.3 is 13.3 Å². The Labute approximate surface area is 204 Å². The van der Waals surface area contributed by atoms with Crippen LogP contribution < -0.4 is 0 Å². The van der Waals surface area contributed by atoms with Crippen molar-refractivity contribution in [2.24, 2.45) is 0 Å². The van der Waals surface area contributed by atoms with Crippen LogP contribution in [0.5, 0.6) is 0 Å². The number of ether oxygens (including phenoxy) is 2. The quantitative estimate of drug-likeness (QED) is 0.0505. The van der Waals surface area contributed by atoms with Gasteiger partial charge in [-0.1, -0.05) is 103 Å². The molecule has 0 bridgehead atoms. The Bertz CT molecular complexity index is 505. The number of carbonyl (C=O) groups is 1. The van der Waals surface area contributed by atoms with Crippen LogP contribution in [0.25, 0.3) is 0 Å². The summed E-state index contributed by atoms with van der Waals surface area (Å²) in [6.07, 6.45) is 19.5. The first-order valence-corrected chi connectivity index (χ1v) is 14.9. The van der Waals surface area contributed by atoms with E-state index in [9.17, 15) is 19.4 Å². The summed E-state index contributed by atoms with van der Waals surface area (Å²) in [7, 11) is -3.43. The van der Waals surface area contributed by atoms with Gasteiger partial charge in [-0.2, -0.15) is 0 Å². The number of methoxy groups -OCH3 is 1. The molecule has 0 aliphatic rings. The molecule has 0 aliphatic carbocycles. The van der Waals surface area contributed by atoms with Gasteiger partial charge in [0.05, 0.1) is 6.61 Å². The molecule has 0 rings (SSSR count). The molecular weight excluding hydrogens is 467 g/mol. The molecule has 0 fully saturated rings. The Balaban J connectivity index is 3.71. The second kappa shape index (κ2) is 22.3. The highest BCUT2D eigenvalue weighted by atomic mass is 32.2. The van der Waals surface area contributed by atoms with Gasteiger partial charge in [0.2, 0.25) is 0 Å². The normalized spacial score (nSPS) is 15.3. The van der Waals surface area contributed by atoms with Crippen LogP contribution in [0.4, 0.5) is 4.79 Å². The van der Waals surface area contributed by atoms with E-state index in [0.29, 0.717) is 18.6 Å². The lowest BCUT2D eigenvalue weighted by Crippen LogP contribution is -2.32. The predicted molar refractivity (Wildman–Crippen MR) is 134 cm³/mol. The molecule has 0 saturated heterocycles. The first kappa shape index (κ1) is 32.8. The third-order valence-corrected chi connectivity index (χ3v) is 7.81. The molecule has 198 valence electrons. The van der Waals surface area contributed by atoms with Gasteiger partial charge in [-0.05, 0) is 6.42 Å². The average Bonchev–Trinajstić information content (AvgIpc) is 2.79. The van der Waals surface area contributed by atoms with E-state index in [4.69, 9.17) is 14.6 Å². The first-order valence-electron chi connectivity index (χ1n) is 12.6. The summed E-state index contributed by atoms with van der Waals surface area (Å²) in [6, 6.07) is 0. The fourth-order valence-electron chi connectivity index (χ4n) is 3.45. The Morgan fingerprint density at radius 3 is 1.64 bits per heavy atom. The third kappa shape index (κ3) is 18.8. The van der Waals surface area contributed by atoms with Gasteiger partial charge in [0.25, 0.3) is 0 Å². The monoisotopic (exact) mass is 514 g/mol. The van der Waals surface area contributed by atoms with Gasteiger partial charge in [0.15, 0.2) is 5.44 Å². The smallest absolute Gasteiger partial charge is 0.446 e. The minimum Gasteiger partial charge on any atom is -0.472 e. The molecule has 10 heteroatoms. The molecular formula is C23H47O8PS. The zero-order chi connectivity index (χ0) is 24.8. The van der Waals surface area contributed by atoms with E-state index in [2.05, 4.69) is 10.9 Å². The molecule has 0 aromatic carbocycles. The Morgan fingerprint density at radius 2 is 1.27 bits per heavy atom. The maximum absolute atomic E-state index is 11.4. The van der Waals surface area contributed by atoms with E-state index >= 15 is 0 Å². The lowest BCUT2D eigenvalue weighted by molar-refractivity contribution is -0.0388. The van der Waals surface area contributed by atoms with Crippen molar-refractivity contribution in [2.45, 2.75) is 121 Å². The van der Waals surface area contributed by atoms with Crippen LogP contribution in [-0.4, -0.2) is 52.7 Å². The molecule has 8 nitrogen and oxygen atoms in total. The lowest BCUT2D eigenvalue weighted by atomic mass is 10.0. The summed E-state index contributed by atoms with van der Waals surface area (Å²) in [5.41, 5.74) is -2.85. The fraction of sp³-hybridized carbons (Fsp3) is 0.957. The summed E-state index contributed by atoms with van der Waals surface area (Å²) < 4.78 is 26.6. The van der Waals surface area contributed by atoms with Gasteiger partial charge in [0.1, 0.15) is 6.10 Å². The van der Waals surface area contributed by atoms with Crippen molar-refractivity contribution in [2.75, 3.05) is 20.3 Å². The minimum absolute atomic E-state index is 0.363. The van der Waals surface area contributed by atoms with Crippen LogP contribution >= 0.6 is 19.6 Å². The van der Waals surface area contributed by atoms with Gasteiger partial charge in [-0.25, -0.2) is 13.3 Å². The van der Waals surface area contributed by atoms with Gasteiger partial charge in [-0.3, -0.25) is 0 Å². The molecule has 3 atom stereocenters.